The number of aromatic amines is 1. The standard InChI is InChI=1S/C11H11ClN4O/c1-6-2-3-7(4-8(6)12)16-10-9(13)11(17)15-5-14-10/h2-5H,13H2,1H3,(H2,14,15,16,17). The maximum absolute atomic E-state index is 11.3. The molecule has 0 saturated carbocycles. The quantitative estimate of drug-likeness (QED) is 0.762. The molecule has 0 atom stereocenters. The molecule has 2 aromatic rings. The monoisotopic (exact) mass is 250 g/mol. The summed E-state index contributed by atoms with van der Waals surface area (Å²) >= 11 is 5.99. The van der Waals surface area contributed by atoms with Crippen LogP contribution in [0.4, 0.5) is 17.2 Å². The summed E-state index contributed by atoms with van der Waals surface area (Å²) in [6.45, 7) is 1.91. The lowest BCUT2D eigenvalue weighted by Crippen LogP contribution is -2.14. The number of aromatic nitrogens is 2. The molecule has 0 aliphatic heterocycles. The first-order valence-corrected chi connectivity index (χ1v) is 5.32. The highest BCUT2D eigenvalue weighted by Crippen LogP contribution is 2.23. The van der Waals surface area contributed by atoms with Gasteiger partial charge in [-0.3, -0.25) is 4.79 Å². The highest BCUT2D eigenvalue weighted by Gasteiger charge is 2.05. The van der Waals surface area contributed by atoms with Crippen LogP contribution >= 0.6 is 11.6 Å². The average Bonchev–Trinajstić information content (AvgIpc) is 2.30. The van der Waals surface area contributed by atoms with Gasteiger partial charge in [-0.1, -0.05) is 17.7 Å². The number of halogens is 1. The van der Waals surface area contributed by atoms with Crippen molar-refractivity contribution in [2.75, 3.05) is 11.1 Å². The van der Waals surface area contributed by atoms with E-state index in [-0.39, 0.29) is 11.2 Å². The first kappa shape index (κ1) is 11.5. The number of aryl methyl sites for hydroxylation is 1. The van der Waals surface area contributed by atoms with Crippen molar-refractivity contribution in [3.63, 3.8) is 0 Å². The van der Waals surface area contributed by atoms with Gasteiger partial charge in [0.05, 0.1) is 6.33 Å². The summed E-state index contributed by atoms with van der Waals surface area (Å²) in [7, 11) is 0. The van der Waals surface area contributed by atoms with Crippen molar-refractivity contribution in [1.29, 1.82) is 0 Å². The number of rotatable bonds is 2. The van der Waals surface area contributed by atoms with Crippen molar-refractivity contribution in [3.05, 3.63) is 45.5 Å². The van der Waals surface area contributed by atoms with E-state index < -0.39 is 0 Å². The van der Waals surface area contributed by atoms with Crippen molar-refractivity contribution < 1.29 is 0 Å². The Morgan fingerprint density at radius 2 is 2.24 bits per heavy atom. The van der Waals surface area contributed by atoms with Gasteiger partial charge in [-0.25, -0.2) is 4.98 Å². The van der Waals surface area contributed by atoms with Gasteiger partial charge in [-0.05, 0) is 24.6 Å². The number of hydrogen-bond donors (Lipinski definition) is 3. The average molecular weight is 251 g/mol. The minimum atomic E-state index is -0.374. The van der Waals surface area contributed by atoms with Crippen LogP contribution in [0.25, 0.3) is 0 Å². The Morgan fingerprint density at radius 3 is 2.94 bits per heavy atom. The zero-order valence-corrected chi connectivity index (χ0v) is 9.88. The van der Waals surface area contributed by atoms with E-state index in [1.54, 1.807) is 6.07 Å². The van der Waals surface area contributed by atoms with E-state index >= 15 is 0 Å². The Bertz CT molecular complexity index is 609. The van der Waals surface area contributed by atoms with Crippen molar-refractivity contribution in [3.8, 4) is 0 Å². The molecule has 1 heterocycles. The lowest BCUT2D eigenvalue weighted by molar-refractivity contribution is 1.13. The highest BCUT2D eigenvalue weighted by molar-refractivity contribution is 6.31. The fraction of sp³-hybridized carbons (Fsp3) is 0.0909. The summed E-state index contributed by atoms with van der Waals surface area (Å²) in [5, 5.41) is 3.58. The summed E-state index contributed by atoms with van der Waals surface area (Å²) in [5.74, 6) is 0.314. The maximum Gasteiger partial charge on any atom is 0.276 e. The highest BCUT2D eigenvalue weighted by atomic mass is 35.5. The van der Waals surface area contributed by atoms with Crippen LogP contribution in [0.3, 0.4) is 0 Å². The summed E-state index contributed by atoms with van der Waals surface area (Å²) in [6.07, 6.45) is 1.29. The molecule has 2 rings (SSSR count). The second-order valence-corrected chi connectivity index (χ2v) is 3.99. The molecule has 0 amide bonds. The minimum absolute atomic E-state index is 0.0456. The van der Waals surface area contributed by atoms with Gasteiger partial charge in [0.1, 0.15) is 5.69 Å². The Hall–Kier alpha value is -2.01. The molecule has 0 bridgehead atoms. The number of hydrogen-bond acceptors (Lipinski definition) is 4. The van der Waals surface area contributed by atoms with Crippen LogP contribution < -0.4 is 16.6 Å². The maximum atomic E-state index is 11.3. The lowest BCUT2D eigenvalue weighted by Gasteiger charge is -2.08. The van der Waals surface area contributed by atoms with Crippen LogP contribution in [-0.2, 0) is 0 Å². The fourth-order valence-corrected chi connectivity index (χ4v) is 1.50. The molecule has 1 aromatic heterocycles. The molecule has 0 radical (unpaired) electrons. The third kappa shape index (κ3) is 2.39. The number of nitrogens with one attached hydrogen (secondary N) is 2. The van der Waals surface area contributed by atoms with Crippen molar-refractivity contribution in [1.82, 2.24) is 9.97 Å². The van der Waals surface area contributed by atoms with Gasteiger partial charge >= 0.3 is 0 Å². The van der Waals surface area contributed by atoms with E-state index in [0.29, 0.717) is 10.8 Å². The lowest BCUT2D eigenvalue weighted by atomic mass is 10.2. The first-order chi connectivity index (χ1) is 8.08. The van der Waals surface area contributed by atoms with E-state index in [9.17, 15) is 4.79 Å². The van der Waals surface area contributed by atoms with Crippen molar-refractivity contribution in [2.45, 2.75) is 6.92 Å². The molecule has 4 N–H and O–H groups in total. The molecule has 6 heteroatoms. The van der Waals surface area contributed by atoms with Crippen LogP contribution in [0.1, 0.15) is 5.56 Å². The van der Waals surface area contributed by atoms with Crippen LogP contribution in [0, 0.1) is 6.92 Å². The molecule has 5 nitrogen and oxygen atoms in total. The number of H-pyrrole nitrogens is 1. The molecule has 0 saturated heterocycles. The largest absolute Gasteiger partial charge is 0.391 e. The van der Waals surface area contributed by atoms with Gasteiger partial charge in [0.25, 0.3) is 5.56 Å². The Kier molecular flexibility index (Phi) is 3.01. The molecular weight excluding hydrogens is 240 g/mol. The number of nitrogen functional groups attached to an aromatic ring is 1. The Labute approximate surface area is 103 Å². The van der Waals surface area contributed by atoms with E-state index in [4.69, 9.17) is 17.3 Å². The van der Waals surface area contributed by atoms with Gasteiger partial charge in [0.15, 0.2) is 5.82 Å². The van der Waals surface area contributed by atoms with Gasteiger partial charge in [-0.15, -0.1) is 0 Å². The van der Waals surface area contributed by atoms with Crippen molar-refractivity contribution >= 4 is 28.8 Å². The van der Waals surface area contributed by atoms with Crippen LogP contribution in [-0.4, -0.2) is 9.97 Å². The topological polar surface area (TPSA) is 83.8 Å². The molecule has 17 heavy (non-hydrogen) atoms. The molecule has 0 spiro atoms. The van der Waals surface area contributed by atoms with E-state index in [2.05, 4.69) is 15.3 Å². The molecule has 88 valence electrons. The Morgan fingerprint density at radius 1 is 1.47 bits per heavy atom. The third-order valence-electron chi connectivity index (χ3n) is 2.32. The predicted molar refractivity (Wildman–Crippen MR) is 68.7 cm³/mol. The van der Waals surface area contributed by atoms with Crippen molar-refractivity contribution in [2.24, 2.45) is 0 Å². The van der Waals surface area contributed by atoms with E-state index in [0.717, 1.165) is 11.3 Å². The van der Waals surface area contributed by atoms with Crippen LogP contribution in [0.5, 0.6) is 0 Å². The van der Waals surface area contributed by atoms with Crippen LogP contribution in [0.15, 0.2) is 29.3 Å². The molecule has 1 aromatic carbocycles. The number of anilines is 3. The second kappa shape index (κ2) is 4.47. The van der Waals surface area contributed by atoms with E-state index in [1.165, 1.54) is 6.33 Å². The smallest absolute Gasteiger partial charge is 0.276 e. The molecular formula is C11H11ClN4O. The Balaban J connectivity index is 2.35. The molecule has 0 fully saturated rings. The number of benzene rings is 1. The van der Waals surface area contributed by atoms with E-state index in [1.807, 2.05) is 19.1 Å². The SMILES string of the molecule is Cc1ccc(Nc2nc[nH]c(=O)c2N)cc1Cl. The number of nitrogens with two attached hydrogens (primary N) is 1. The zero-order valence-electron chi connectivity index (χ0n) is 9.12. The van der Waals surface area contributed by atoms with Crippen LogP contribution in [0.2, 0.25) is 5.02 Å². The summed E-state index contributed by atoms with van der Waals surface area (Å²) in [6, 6.07) is 5.46. The normalized spacial score (nSPS) is 10.2. The fourth-order valence-electron chi connectivity index (χ4n) is 1.32. The molecule has 0 aliphatic rings. The summed E-state index contributed by atoms with van der Waals surface area (Å²) < 4.78 is 0. The summed E-state index contributed by atoms with van der Waals surface area (Å²) in [5.41, 5.74) is 6.97. The molecule has 0 unspecified atom stereocenters. The first-order valence-electron chi connectivity index (χ1n) is 4.94. The zero-order chi connectivity index (χ0) is 12.4. The molecule has 0 aliphatic carbocycles. The van der Waals surface area contributed by atoms with Gasteiger partial charge in [0.2, 0.25) is 0 Å². The number of nitrogens with zero attached hydrogens (tertiary/aromatic N) is 1. The minimum Gasteiger partial charge on any atom is -0.391 e. The summed E-state index contributed by atoms with van der Waals surface area (Å²) in [4.78, 5) is 17.6. The second-order valence-electron chi connectivity index (χ2n) is 3.58. The van der Waals surface area contributed by atoms with Gasteiger partial charge < -0.3 is 16.0 Å². The predicted octanol–water partition coefficient (Wildman–Crippen LogP) is 2.06. The van der Waals surface area contributed by atoms with Gasteiger partial charge in [-0.2, -0.15) is 0 Å². The van der Waals surface area contributed by atoms with Gasteiger partial charge in [0, 0.05) is 10.7 Å². The third-order valence-corrected chi connectivity index (χ3v) is 2.73.